The molecule has 9 nitrogen and oxygen atoms in total. The van der Waals surface area contributed by atoms with Crippen LogP contribution in [0, 0.1) is 23.2 Å². The summed E-state index contributed by atoms with van der Waals surface area (Å²) in [5.41, 5.74) is 0.559. The van der Waals surface area contributed by atoms with Crippen molar-refractivity contribution in [3.05, 3.63) is 29.8 Å². The highest BCUT2D eigenvalue weighted by Gasteiger charge is 2.45. The van der Waals surface area contributed by atoms with Gasteiger partial charge in [-0.1, -0.05) is 0 Å². The van der Waals surface area contributed by atoms with Crippen LogP contribution in [0.5, 0.6) is 5.75 Å². The summed E-state index contributed by atoms with van der Waals surface area (Å²) in [6.07, 6.45) is 2.46. The number of amides is 1. The highest BCUT2D eigenvalue weighted by molar-refractivity contribution is 7.90. The number of nitrogens with zero attached hydrogens (tertiary/aromatic N) is 3. The number of ether oxygens (including phenoxy) is 2. The molecule has 0 spiro atoms. The number of aliphatic hydroxyl groups excluding tert-OH is 1. The molecule has 1 saturated heterocycles. The number of hydrogen-bond donors (Lipinski definition) is 1. The molecule has 182 valence electrons. The van der Waals surface area contributed by atoms with Crippen LogP contribution < -0.4 is 4.74 Å². The number of aliphatic hydroxyl groups is 1. The van der Waals surface area contributed by atoms with Crippen molar-refractivity contribution < 1.29 is 27.8 Å². The van der Waals surface area contributed by atoms with E-state index in [1.807, 2.05) is 0 Å². The van der Waals surface area contributed by atoms with E-state index < -0.39 is 22.0 Å². The van der Waals surface area contributed by atoms with E-state index in [-0.39, 0.29) is 25.0 Å². The van der Waals surface area contributed by atoms with Crippen LogP contribution in [0.2, 0.25) is 0 Å². The van der Waals surface area contributed by atoms with Crippen molar-refractivity contribution in [1.29, 1.82) is 5.26 Å². The van der Waals surface area contributed by atoms with Gasteiger partial charge in [-0.25, -0.2) is 13.2 Å². The topological polar surface area (TPSA) is 120 Å². The summed E-state index contributed by atoms with van der Waals surface area (Å²) in [5.74, 6) is 1.24. The Morgan fingerprint density at radius 1 is 1.27 bits per heavy atom. The summed E-state index contributed by atoms with van der Waals surface area (Å²) in [5, 5.41) is 19.3. The summed E-state index contributed by atoms with van der Waals surface area (Å²) in [6.45, 7) is 2.34. The van der Waals surface area contributed by atoms with Crippen LogP contribution >= 0.6 is 0 Å². The Kier molecular flexibility index (Phi) is 8.57. The SMILES string of the molecule is CN(C(=O)OCCCS(C)(=O)=O)C1C2CCC1CN(CC(O)COc1ccc(C#N)cc1)C2. The molecule has 1 aliphatic carbocycles. The van der Waals surface area contributed by atoms with Gasteiger partial charge in [-0.2, -0.15) is 5.26 Å². The molecule has 2 bridgehead atoms. The molecule has 1 aromatic rings. The Morgan fingerprint density at radius 3 is 2.48 bits per heavy atom. The second-order valence-corrected chi connectivity index (χ2v) is 11.4. The van der Waals surface area contributed by atoms with Gasteiger partial charge in [0.1, 0.15) is 28.3 Å². The lowest BCUT2D eigenvalue weighted by molar-refractivity contribution is 0.0155. The number of benzene rings is 1. The lowest BCUT2D eigenvalue weighted by atomic mass is 9.91. The summed E-state index contributed by atoms with van der Waals surface area (Å²) in [4.78, 5) is 16.4. The summed E-state index contributed by atoms with van der Waals surface area (Å²) >= 11 is 0. The largest absolute Gasteiger partial charge is 0.491 e. The zero-order chi connectivity index (χ0) is 24.0. The molecule has 2 fully saturated rings. The highest BCUT2D eigenvalue weighted by atomic mass is 32.2. The molecule has 1 saturated carbocycles. The first-order chi connectivity index (χ1) is 15.7. The Balaban J connectivity index is 1.43. The van der Waals surface area contributed by atoms with Crippen molar-refractivity contribution in [3.63, 3.8) is 0 Å². The molecular formula is C23H33N3O6S. The maximum atomic E-state index is 12.5. The van der Waals surface area contributed by atoms with Crippen molar-refractivity contribution in [2.45, 2.75) is 31.4 Å². The monoisotopic (exact) mass is 479 g/mol. The number of β-amino-alcohol motifs (C(OH)–C–C–N with tert-alkyl or cyclic N) is 1. The summed E-state index contributed by atoms with van der Waals surface area (Å²) < 4.78 is 33.3. The number of nitriles is 1. The molecule has 0 radical (unpaired) electrons. The molecular weight excluding hydrogens is 446 g/mol. The lowest BCUT2D eigenvalue weighted by Gasteiger charge is -2.42. The fourth-order valence-electron chi connectivity index (χ4n) is 4.95. The molecule has 1 aliphatic heterocycles. The van der Waals surface area contributed by atoms with E-state index in [1.54, 1.807) is 36.2 Å². The number of fused-ring (bicyclic) bond motifs is 2. The quantitative estimate of drug-likeness (QED) is 0.502. The molecule has 3 atom stereocenters. The molecule has 0 aromatic heterocycles. The van der Waals surface area contributed by atoms with E-state index in [0.29, 0.717) is 36.1 Å². The number of rotatable bonds is 10. The number of piperidine rings is 1. The molecule has 1 amide bonds. The van der Waals surface area contributed by atoms with Crippen LogP contribution in [0.15, 0.2) is 24.3 Å². The molecule has 10 heteroatoms. The zero-order valence-electron chi connectivity index (χ0n) is 19.2. The van der Waals surface area contributed by atoms with Gasteiger partial charge in [-0.3, -0.25) is 4.90 Å². The Labute approximate surface area is 195 Å². The maximum absolute atomic E-state index is 12.5. The van der Waals surface area contributed by atoms with Crippen LogP contribution in [-0.4, -0.2) is 93.5 Å². The zero-order valence-corrected chi connectivity index (χ0v) is 20.0. The molecule has 1 aromatic carbocycles. The van der Waals surface area contributed by atoms with Crippen molar-refractivity contribution in [2.75, 3.05) is 51.9 Å². The van der Waals surface area contributed by atoms with E-state index >= 15 is 0 Å². The number of hydrogen-bond acceptors (Lipinski definition) is 8. The van der Waals surface area contributed by atoms with Gasteiger partial charge in [-0.05, 0) is 55.4 Å². The van der Waals surface area contributed by atoms with Crippen LogP contribution in [0.25, 0.3) is 0 Å². The van der Waals surface area contributed by atoms with Crippen molar-refractivity contribution in [1.82, 2.24) is 9.80 Å². The van der Waals surface area contributed by atoms with Gasteiger partial charge in [0.05, 0.1) is 24.0 Å². The van der Waals surface area contributed by atoms with Gasteiger partial charge in [0, 0.05) is 39.0 Å². The molecule has 2 aliphatic rings. The first kappa shape index (κ1) is 25.3. The van der Waals surface area contributed by atoms with Crippen molar-refractivity contribution >= 4 is 15.9 Å². The first-order valence-electron chi connectivity index (χ1n) is 11.3. The second kappa shape index (κ2) is 11.2. The van der Waals surface area contributed by atoms with Crippen LogP contribution in [0.4, 0.5) is 4.79 Å². The van der Waals surface area contributed by atoms with E-state index in [2.05, 4.69) is 11.0 Å². The molecule has 33 heavy (non-hydrogen) atoms. The van der Waals surface area contributed by atoms with E-state index in [9.17, 15) is 18.3 Å². The lowest BCUT2D eigenvalue weighted by Crippen LogP contribution is -2.54. The van der Waals surface area contributed by atoms with E-state index in [0.717, 1.165) is 25.9 Å². The molecule has 1 N–H and O–H groups in total. The second-order valence-electron chi connectivity index (χ2n) is 9.12. The Bertz CT molecular complexity index is 932. The van der Waals surface area contributed by atoms with E-state index in [4.69, 9.17) is 14.7 Å². The van der Waals surface area contributed by atoms with E-state index in [1.165, 1.54) is 6.26 Å². The number of sulfone groups is 1. The smallest absolute Gasteiger partial charge is 0.409 e. The number of carbonyl (C=O) groups is 1. The van der Waals surface area contributed by atoms with Gasteiger partial charge in [-0.15, -0.1) is 0 Å². The number of likely N-dealkylation sites (tertiary alicyclic amines) is 1. The summed E-state index contributed by atoms with van der Waals surface area (Å²) in [6, 6.07) is 8.94. The third-order valence-corrected chi connectivity index (χ3v) is 7.40. The first-order valence-corrected chi connectivity index (χ1v) is 13.3. The third-order valence-electron chi connectivity index (χ3n) is 6.37. The molecule has 1 heterocycles. The van der Waals surface area contributed by atoms with Gasteiger partial charge in [0.25, 0.3) is 0 Å². The van der Waals surface area contributed by atoms with Crippen LogP contribution in [-0.2, 0) is 14.6 Å². The van der Waals surface area contributed by atoms with Gasteiger partial charge >= 0.3 is 6.09 Å². The normalized spacial score (nSPS) is 23.5. The minimum atomic E-state index is -3.06. The average molecular weight is 480 g/mol. The summed E-state index contributed by atoms with van der Waals surface area (Å²) in [7, 11) is -1.31. The van der Waals surface area contributed by atoms with Crippen LogP contribution in [0.1, 0.15) is 24.8 Å². The molecule has 3 unspecified atom stereocenters. The predicted molar refractivity (Wildman–Crippen MR) is 123 cm³/mol. The molecule has 3 rings (SSSR count). The Morgan fingerprint density at radius 2 is 1.91 bits per heavy atom. The standard InChI is InChI=1S/C23H33N3O6S/c1-25(23(28)31-10-3-11-33(2,29)30)22-18-6-7-19(22)14-26(13-18)15-20(27)16-32-21-8-4-17(12-24)5-9-21/h4-5,8-9,18-20,22,27H,3,6-7,10-11,13-16H2,1-2H3. The van der Waals surface area contributed by atoms with Crippen molar-refractivity contribution in [2.24, 2.45) is 11.8 Å². The average Bonchev–Trinajstić information content (AvgIpc) is 3.04. The van der Waals surface area contributed by atoms with Gasteiger partial charge < -0.3 is 19.5 Å². The van der Waals surface area contributed by atoms with Crippen LogP contribution in [0.3, 0.4) is 0 Å². The van der Waals surface area contributed by atoms with Gasteiger partial charge in [0.15, 0.2) is 0 Å². The van der Waals surface area contributed by atoms with Crippen molar-refractivity contribution in [3.8, 4) is 11.8 Å². The minimum Gasteiger partial charge on any atom is -0.491 e. The predicted octanol–water partition coefficient (Wildman–Crippen LogP) is 1.51. The third kappa shape index (κ3) is 7.32. The van der Waals surface area contributed by atoms with Gasteiger partial charge in [0.2, 0.25) is 0 Å². The number of carbonyl (C=O) groups excluding carboxylic acids is 1. The fourth-order valence-corrected chi connectivity index (χ4v) is 5.59. The maximum Gasteiger partial charge on any atom is 0.409 e. The highest BCUT2D eigenvalue weighted by Crippen LogP contribution is 2.39. The Hall–Kier alpha value is -2.35. The fraction of sp³-hybridized carbons (Fsp3) is 0.652. The minimum absolute atomic E-state index is 0.00481.